The first kappa shape index (κ1) is 16.2. The molecule has 3 rings (SSSR count). The molecule has 2 aromatic rings. The van der Waals surface area contributed by atoms with E-state index in [9.17, 15) is 13.6 Å². The van der Waals surface area contributed by atoms with Crippen molar-refractivity contribution in [2.24, 2.45) is 0 Å². The highest BCUT2D eigenvalue weighted by Gasteiger charge is 2.23. The van der Waals surface area contributed by atoms with E-state index in [0.29, 0.717) is 18.8 Å². The molecule has 0 spiro atoms. The van der Waals surface area contributed by atoms with Crippen molar-refractivity contribution in [3.05, 3.63) is 42.2 Å². The number of benzene rings is 1. The second-order valence-electron chi connectivity index (χ2n) is 5.57. The molecule has 1 atom stereocenters. The lowest BCUT2D eigenvalue weighted by Gasteiger charge is -2.17. The molecule has 1 aliphatic rings. The predicted molar refractivity (Wildman–Crippen MR) is 85.4 cm³/mol. The van der Waals surface area contributed by atoms with Crippen LogP contribution in [0.4, 0.5) is 25.0 Å². The molecule has 2 heterocycles. The van der Waals surface area contributed by atoms with Gasteiger partial charge in [-0.2, -0.15) is 5.10 Å². The molecule has 0 radical (unpaired) electrons. The molecule has 6 nitrogen and oxygen atoms in total. The number of halogens is 2. The van der Waals surface area contributed by atoms with Gasteiger partial charge >= 0.3 is 6.09 Å². The normalized spacial score (nSPS) is 15.7. The summed E-state index contributed by atoms with van der Waals surface area (Å²) in [6.45, 7) is 2.50. The van der Waals surface area contributed by atoms with Gasteiger partial charge in [0.25, 0.3) is 6.43 Å². The average Bonchev–Trinajstić information content (AvgIpc) is 3.16. The number of hydrogen-bond donors (Lipinski definition) is 1. The third kappa shape index (κ3) is 3.64. The standard InChI is InChI=1S/C16H18F2N4O2/c1-11(20-13-8-19-21(9-13)10-15(17)18)12-2-4-14(5-3-12)22-6-7-24-16(22)23/h2-5,8-9,11,15,20H,6-7,10H2,1H3/t11-/m0/s1. The van der Waals surface area contributed by atoms with Crippen molar-refractivity contribution >= 4 is 17.5 Å². The number of anilines is 2. The van der Waals surface area contributed by atoms with Crippen molar-refractivity contribution in [1.82, 2.24) is 9.78 Å². The van der Waals surface area contributed by atoms with Crippen LogP contribution in [-0.2, 0) is 11.3 Å². The molecule has 1 aromatic carbocycles. The predicted octanol–water partition coefficient (Wildman–Crippen LogP) is 3.28. The SMILES string of the molecule is C[C@H](Nc1cnn(CC(F)F)c1)c1ccc(N2CCOC2=O)cc1. The van der Waals surface area contributed by atoms with Gasteiger partial charge in [-0.15, -0.1) is 0 Å². The molecule has 24 heavy (non-hydrogen) atoms. The molecule has 1 aliphatic heterocycles. The van der Waals surface area contributed by atoms with Gasteiger partial charge in [0.05, 0.1) is 18.4 Å². The zero-order chi connectivity index (χ0) is 17.1. The highest BCUT2D eigenvalue weighted by Crippen LogP contribution is 2.24. The van der Waals surface area contributed by atoms with Crippen LogP contribution in [0.1, 0.15) is 18.5 Å². The van der Waals surface area contributed by atoms with Crippen molar-refractivity contribution in [1.29, 1.82) is 0 Å². The molecule has 0 saturated carbocycles. The number of rotatable bonds is 6. The summed E-state index contributed by atoms with van der Waals surface area (Å²) in [4.78, 5) is 13.1. The van der Waals surface area contributed by atoms with Crippen molar-refractivity contribution in [3.63, 3.8) is 0 Å². The fourth-order valence-electron chi connectivity index (χ4n) is 2.58. The third-order valence-electron chi connectivity index (χ3n) is 3.81. The van der Waals surface area contributed by atoms with Gasteiger partial charge in [-0.25, -0.2) is 13.6 Å². The van der Waals surface area contributed by atoms with Crippen LogP contribution in [0.25, 0.3) is 0 Å². The average molecular weight is 336 g/mol. The lowest BCUT2D eigenvalue weighted by atomic mass is 10.1. The number of nitrogens with zero attached hydrogens (tertiary/aromatic N) is 3. The van der Waals surface area contributed by atoms with Crippen LogP contribution in [0.3, 0.4) is 0 Å². The van der Waals surface area contributed by atoms with Crippen molar-refractivity contribution < 1.29 is 18.3 Å². The summed E-state index contributed by atoms with van der Waals surface area (Å²) < 4.78 is 30.8. The number of cyclic esters (lactones) is 1. The van der Waals surface area contributed by atoms with Crippen molar-refractivity contribution in [2.45, 2.75) is 25.9 Å². The van der Waals surface area contributed by atoms with Crippen LogP contribution in [0.5, 0.6) is 0 Å². The summed E-state index contributed by atoms with van der Waals surface area (Å²) >= 11 is 0. The Morgan fingerprint density at radius 2 is 2.08 bits per heavy atom. The van der Waals surface area contributed by atoms with Crippen LogP contribution in [0.15, 0.2) is 36.7 Å². The van der Waals surface area contributed by atoms with E-state index in [1.807, 2.05) is 31.2 Å². The minimum Gasteiger partial charge on any atom is -0.447 e. The largest absolute Gasteiger partial charge is 0.447 e. The Labute approximate surface area is 138 Å². The van der Waals surface area contributed by atoms with Crippen LogP contribution in [-0.4, -0.2) is 35.5 Å². The van der Waals surface area contributed by atoms with E-state index in [0.717, 1.165) is 11.3 Å². The molecule has 8 heteroatoms. The summed E-state index contributed by atoms with van der Waals surface area (Å²) in [6.07, 6.45) is 0.311. The number of alkyl halides is 2. The molecule has 0 aliphatic carbocycles. The molecule has 1 fully saturated rings. The molecule has 1 N–H and O–H groups in total. The zero-order valence-corrected chi connectivity index (χ0v) is 13.2. The zero-order valence-electron chi connectivity index (χ0n) is 13.2. The van der Waals surface area contributed by atoms with Gasteiger partial charge in [0.15, 0.2) is 0 Å². The topological polar surface area (TPSA) is 59.4 Å². The number of carbonyl (C=O) groups is 1. The highest BCUT2D eigenvalue weighted by atomic mass is 19.3. The van der Waals surface area contributed by atoms with Crippen molar-refractivity contribution in [3.8, 4) is 0 Å². The summed E-state index contributed by atoms with van der Waals surface area (Å²) in [5.74, 6) is 0. The Balaban J connectivity index is 1.63. The first-order valence-electron chi connectivity index (χ1n) is 7.64. The van der Waals surface area contributed by atoms with Gasteiger partial charge in [0, 0.05) is 17.9 Å². The molecule has 0 unspecified atom stereocenters. The van der Waals surface area contributed by atoms with E-state index < -0.39 is 13.0 Å². The van der Waals surface area contributed by atoms with E-state index in [1.165, 1.54) is 10.9 Å². The van der Waals surface area contributed by atoms with Crippen LogP contribution < -0.4 is 10.2 Å². The third-order valence-corrected chi connectivity index (χ3v) is 3.81. The van der Waals surface area contributed by atoms with E-state index in [4.69, 9.17) is 4.74 Å². The fourth-order valence-corrected chi connectivity index (χ4v) is 2.58. The van der Waals surface area contributed by atoms with Gasteiger partial charge in [0.1, 0.15) is 13.2 Å². The maximum absolute atomic E-state index is 12.3. The number of aromatic nitrogens is 2. The first-order chi connectivity index (χ1) is 11.5. The summed E-state index contributed by atoms with van der Waals surface area (Å²) in [5.41, 5.74) is 2.47. The molecule has 128 valence electrons. The molecular formula is C16H18F2N4O2. The maximum atomic E-state index is 12.3. The minimum atomic E-state index is -2.43. The van der Waals surface area contributed by atoms with Gasteiger partial charge < -0.3 is 10.1 Å². The molecular weight excluding hydrogens is 318 g/mol. The number of carbonyl (C=O) groups excluding carboxylic acids is 1. The van der Waals surface area contributed by atoms with Crippen molar-refractivity contribution in [2.75, 3.05) is 23.4 Å². The Bertz CT molecular complexity index is 702. The Morgan fingerprint density at radius 3 is 2.71 bits per heavy atom. The second-order valence-corrected chi connectivity index (χ2v) is 5.57. The lowest BCUT2D eigenvalue weighted by Crippen LogP contribution is -2.23. The maximum Gasteiger partial charge on any atom is 0.414 e. The number of amides is 1. The monoisotopic (exact) mass is 336 g/mol. The van der Waals surface area contributed by atoms with Crippen LogP contribution >= 0.6 is 0 Å². The Hall–Kier alpha value is -2.64. The van der Waals surface area contributed by atoms with Crippen LogP contribution in [0, 0.1) is 0 Å². The van der Waals surface area contributed by atoms with Gasteiger partial charge in [-0.05, 0) is 24.6 Å². The first-order valence-corrected chi connectivity index (χ1v) is 7.64. The van der Waals surface area contributed by atoms with Gasteiger partial charge in [-0.1, -0.05) is 12.1 Å². The molecule has 0 bridgehead atoms. The summed E-state index contributed by atoms with van der Waals surface area (Å²) in [7, 11) is 0. The summed E-state index contributed by atoms with van der Waals surface area (Å²) in [6, 6.07) is 7.53. The molecule has 1 saturated heterocycles. The van der Waals surface area contributed by atoms with E-state index in [2.05, 4.69) is 10.4 Å². The highest BCUT2D eigenvalue weighted by molar-refractivity contribution is 5.89. The van der Waals surface area contributed by atoms with E-state index in [1.54, 1.807) is 11.1 Å². The molecule has 1 amide bonds. The second kappa shape index (κ2) is 6.86. The molecule has 1 aromatic heterocycles. The smallest absolute Gasteiger partial charge is 0.414 e. The fraction of sp³-hybridized carbons (Fsp3) is 0.375. The van der Waals surface area contributed by atoms with Gasteiger partial charge in [0.2, 0.25) is 0 Å². The Kier molecular flexibility index (Phi) is 4.64. The number of hydrogen-bond acceptors (Lipinski definition) is 4. The van der Waals surface area contributed by atoms with E-state index >= 15 is 0 Å². The van der Waals surface area contributed by atoms with Crippen LogP contribution in [0.2, 0.25) is 0 Å². The quantitative estimate of drug-likeness (QED) is 0.879. The number of nitrogens with one attached hydrogen (secondary N) is 1. The Morgan fingerprint density at radius 1 is 1.33 bits per heavy atom. The minimum absolute atomic E-state index is 0.0335. The van der Waals surface area contributed by atoms with E-state index in [-0.39, 0.29) is 12.1 Å². The lowest BCUT2D eigenvalue weighted by molar-refractivity contribution is 0.122. The number of ether oxygens (including phenoxy) is 1. The summed E-state index contributed by atoms with van der Waals surface area (Å²) in [5, 5.41) is 7.11. The van der Waals surface area contributed by atoms with Gasteiger partial charge in [-0.3, -0.25) is 9.58 Å².